The summed E-state index contributed by atoms with van der Waals surface area (Å²) in [6.45, 7) is 10.5. The molecule has 0 amide bonds. The molecule has 0 bridgehead atoms. The van der Waals surface area contributed by atoms with Crippen LogP contribution >= 0.6 is 11.3 Å². The molecule has 0 aromatic carbocycles. The van der Waals surface area contributed by atoms with E-state index >= 15 is 0 Å². The highest BCUT2D eigenvalue weighted by Gasteiger charge is 2.16. The molecular formula is C17H29NOS. The van der Waals surface area contributed by atoms with E-state index in [1.165, 1.54) is 41.0 Å². The second-order valence-corrected chi connectivity index (χ2v) is 7.80. The standard InChI is InChI=1S/C17H29NOS/c1-13(2)10-18-11-17-9-16(14(3)20-17)12-19-8-7-15-5-4-6-15/h9,13,15,18H,4-8,10-12H2,1-3H3. The van der Waals surface area contributed by atoms with Gasteiger partial charge in [-0.1, -0.05) is 33.1 Å². The molecule has 2 rings (SSSR count). The molecule has 0 unspecified atom stereocenters. The lowest BCUT2D eigenvalue weighted by molar-refractivity contribution is 0.0949. The van der Waals surface area contributed by atoms with Crippen molar-refractivity contribution in [3.05, 3.63) is 21.4 Å². The molecule has 1 aliphatic rings. The monoisotopic (exact) mass is 295 g/mol. The van der Waals surface area contributed by atoms with E-state index < -0.39 is 0 Å². The van der Waals surface area contributed by atoms with Gasteiger partial charge in [-0.3, -0.25) is 0 Å². The van der Waals surface area contributed by atoms with Crippen molar-refractivity contribution in [1.82, 2.24) is 5.32 Å². The molecule has 0 radical (unpaired) electrons. The summed E-state index contributed by atoms with van der Waals surface area (Å²) < 4.78 is 5.85. The van der Waals surface area contributed by atoms with E-state index in [4.69, 9.17) is 4.74 Å². The van der Waals surface area contributed by atoms with Crippen molar-refractivity contribution in [2.75, 3.05) is 13.2 Å². The molecule has 1 aromatic heterocycles. The minimum absolute atomic E-state index is 0.713. The Kier molecular flexibility index (Phi) is 6.53. The molecule has 0 saturated heterocycles. The Morgan fingerprint density at radius 3 is 2.85 bits per heavy atom. The third kappa shape index (κ3) is 5.19. The number of hydrogen-bond acceptors (Lipinski definition) is 3. The van der Waals surface area contributed by atoms with Crippen LogP contribution in [0.1, 0.15) is 54.8 Å². The Labute approximate surface area is 127 Å². The van der Waals surface area contributed by atoms with Crippen LogP contribution in [0.3, 0.4) is 0 Å². The van der Waals surface area contributed by atoms with Gasteiger partial charge in [0.1, 0.15) is 0 Å². The normalized spacial score (nSPS) is 15.8. The van der Waals surface area contributed by atoms with Gasteiger partial charge in [0.25, 0.3) is 0 Å². The molecule has 0 aliphatic heterocycles. The van der Waals surface area contributed by atoms with Crippen LogP contribution in [-0.2, 0) is 17.9 Å². The van der Waals surface area contributed by atoms with Gasteiger partial charge in [-0.15, -0.1) is 11.3 Å². The highest BCUT2D eigenvalue weighted by Crippen LogP contribution is 2.29. The summed E-state index contributed by atoms with van der Waals surface area (Å²) >= 11 is 1.90. The van der Waals surface area contributed by atoms with Crippen molar-refractivity contribution in [1.29, 1.82) is 0 Å². The van der Waals surface area contributed by atoms with E-state index in [1.807, 2.05) is 11.3 Å². The Morgan fingerprint density at radius 1 is 1.40 bits per heavy atom. The predicted molar refractivity (Wildman–Crippen MR) is 87.2 cm³/mol. The molecule has 1 heterocycles. The van der Waals surface area contributed by atoms with Gasteiger partial charge in [0.2, 0.25) is 0 Å². The Bertz CT molecular complexity index is 396. The molecule has 114 valence electrons. The second kappa shape index (κ2) is 8.16. The van der Waals surface area contributed by atoms with E-state index in [1.54, 1.807) is 0 Å². The van der Waals surface area contributed by atoms with Crippen molar-refractivity contribution in [3.8, 4) is 0 Å². The molecule has 2 nitrogen and oxygen atoms in total. The molecule has 3 heteroatoms. The molecular weight excluding hydrogens is 266 g/mol. The first-order valence-electron chi connectivity index (χ1n) is 8.01. The van der Waals surface area contributed by atoms with Gasteiger partial charge in [-0.25, -0.2) is 0 Å². The number of thiophene rings is 1. The van der Waals surface area contributed by atoms with Crippen molar-refractivity contribution in [2.24, 2.45) is 11.8 Å². The van der Waals surface area contributed by atoms with Gasteiger partial charge in [0.05, 0.1) is 6.61 Å². The first-order valence-corrected chi connectivity index (χ1v) is 8.83. The van der Waals surface area contributed by atoms with Crippen molar-refractivity contribution >= 4 is 11.3 Å². The van der Waals surface area contributed by atoms with Crippen LogP contribution in [0.5, 0.6) is 0 Å². The summed E-state index contributed by atoms with van der Waals surface area (Å²) in [6, 6.07) is 2.32. The van der Waals surface area contributed by atoms with Gasteiger partial charge >= 0.3 is 0 Å². The van der Waals surface area contributed by atoms with Crippen molar-refractivity contribution < 1.29 is 4.74 Å². The lowest BCUT2D eigenvalue weighted by atomic mass is 9.83. The minimum Gasteiger partial charge on any atom is -0.377 e. The number of aryl methyl sites for hydroxylation is 1. The van der Waals surface area contributed by atoms with Crippen LogP contribution < -0.4 is 5.32 Å². The summed E-state index contributed by atoms with van der Waals surface area (Å²) in [6.07, 6.45) is 5.53. The third-order valence-electron chi connectivity index (χ3n) is 4.08. The Balaban J connectivity index is 1.66. The van der Waals surface area contributed by atoms with Crippen LogP contribution in [0.4, 0.5) is 0 Å². The summed E-state index contributed by atoms with van der Waals surface area (Å²) in [7, 11) is 0. The number of ether oxygens (including phenoxy) is 1. The number of nitrogens with one attached hydrogen (secondary N) is 1. The zero-order chi connectivity index (χ0) is 14.4. The molecule has 1 fully saturated rings. The highest BCUT2D eigenvalue weighted by atomic mass is 32.1. The van der Waals surface area contributed by atoms with Gasteiger partial charge in [-0.05, 0) is 43.4 Å². The first kappa shape index (κ1) is 16.0. The predicted octanol–water partition coefficient (Wildman–Crippen LogP) is 4.51. The van der Waals surface area contributed by atoms with Crippen LogP contribution in [0.2, 0.25) is 0 Å². The molecule has 0 atom stereocenters. The van der Waals surface area contributed by atoms with Gasteiger partial charge in [-0.2, -0.15) is 0 Å². The molecule has 1 N–H and O–H groups in total. The zero-order valence-electron chi connectivity index (χ0n) is 13.2. The lowest BCUT2D eigenvalue weighted by Crippen LogP contribution is -2.18. The van der Waals surface area contributed by atoms with E-state index in [0.29, 0.717) is 5.92 Å². The lowest BCUT2D eigenvalue weighted by Gasteiger charge is -2.24. The average molecular weight is 295 g/mol. The fourth-order valence-electron chi connectivity index (χ4n) is 2.52. The number of hydrogen-bond donors (Lipinski definition) is 1. The molecule has 0 spiro atoms. The highest BCUT2D eigenvalue weighted by molar-refractivity contribution is 7.12. The topological polar surface area (TPSA) is 21.3 Å². The van der Waals surface area contributed by atoms with Crippen LogP contribution in [-0.4, -0.2) is 13.2 Å². The fourth-order valence-corrected chi connectivity index (χ4v) is 3.53. The number of rotatable bonds is 9. The van der Waals surface area contributed by atoms with Gasteiger partial charge in [0.15, 0.2) is 0 Å². The Hall–Kier alpha value is -0.380. The third-order valence-corrected chi connectivity index (χ3v) is 5.17. The molecule has 1 aromatic rings. The first-order chi connectivity index (χ1) is 9.65. The quantitative estimate of drug-likeness (QED) is 0.677. The van der Waals surface area contributed by atoms with Crippen LogP contribution in [0, 0.1) is 18.8 Å². The summed E-state index contributed by atoms with van der Waals surface area (Å²) in [5.41, 5.74) is 1.38. The SMILES string of the molecule is Cc1sc(CNCC(C)C)cc1COCCC1CCC1. The largest absolute Gasteiger partial charge is 0.377 e. The summed E-state index contributed by atoms with van der Waals surface area (Å²) in [5, 5.41) is 3.51. The van der Waals surface area contributed by atoms with Gasteiger partial charge < -0.3 is 10.1 Å². The second-order valence-electron chi connectivity index (χ2n) is 6.46. The van der Waals surface area contributed by atoms with Crippen molar-refractivity contribution in [3.63, 3.8) is 0 Å². The maximum atomic E-state index is 5.85. The minimum atomic E-state index is 0.713. The van der Waals surface area contributed by atoms with Gasteiger partial charge in [0, 0.05) is 22.9 Å². The molecule has 1 saturated carbocycles. The fraction of sp³-hybridized carbons (Fsp3) is 0.765. The zero-order valence-corrected chi connectivity index (χ0v) is 14.0. The van der Waals surface area contributed by atoms with E-state index in [2.05, 4.69) is 32.2 Å². The van der Waals surface area contributed by atoms with E-state index in [9.17, 15) is 0 Å². The maximum Gasteiger partial charge on any atom is 0.0727 e. The smallest absolute Gasteiger partial charge is 0.0727 e. The van der Waals surface area contributed by atoms with E-state index in [-0.39, 0.29) is 0 Å². The summed E-state index contributed by atoms with van der Waals surface area (Å²) in [5.74, 6) is 1.67. The summed E-state index contributed by atoms with van der Waals surface area (Å²) in [4.78, 5) is 2.84. The average Bonchev–Trinajstić information content (AvgIpc) is 2.67. The van der Waals surface area contributed by atoms with E-state index in [0.717, 1.165) is 32.2 Å². The Morgan fingerprint density at radius 2 is 2.20 bits per heavy atom. The molecule has 20 heavy (non-hydrogen) atoms. The van der Waals surface area contributed by atoms with Crippen molar-refractivity contribution in [2.45, 2.75) is 59.6 Å². The molecule has 1 aliphatic carbocycles. The van der Waals surface area contributed by atoms with Crippen LogP contribution in [0.25, 0.3) is 0 Å². The van der Waals surface area contributed by atoms with Crippen LogP contribution in [0.15, 0.2) is 6.07 Å². The maximum absolute atomic E-state index is 5.85.